The lowest BCUT2D eigenvalue weighted by Gasteiger charge is -2.24. The number of likely N-dealkylation sites (tertiary alicyclic amines) is 1. The quantitative estimate of drug-likeness (QED) is 0.853. The van der Waals surface area contributed by atoms with Gasteiger partial charge in [0.2, 0.25) is 0 Å². The van der Waals surface area contributed by atoms with Gasteiger partial charge in [0.25, 0.3) is 5.91 Å². The first-order valence-electron chi connectivity index (χ1n) is 6.91. The predicted molar refractivity (Wildman–Crippen MR) is 78.4 cm³/mol. The largest absolute Gasteiger partial charge is 0.337 e. The standard InChI is InChI=1S/C14H21N3OS/c1-3-19-12-6-4-5-9-17(10-12)14(18)13-7-8-15-16-11(13)2/h7-8,12H,3-6,9-10H2,1-2H3. The SMILES string of the molecule is CCSC1CCCCN(C(=O)c2ccnnc2C)C1. The fourth-order valence-electron chi connectivity index (χ4n) is 2.46. The monoisotopic (exact) mass is 279 g/mol. The molecule has 0 saturated carbocycles. The van der Waals surface area contributed by atoms with E-state index >= 15 is 0 Å². The van der Waals surface area contributed by atoms with Crippen molar-refractivity contribution in [3.8, 4) is 0 Å². The van der Waals surface area contributed by atoms with Crippen molar-refractivity contribution < 1.29 is 4.79 Å². The van der Waals surface area contributed by atoms with Gasteiger partial charge in [0.05, 0.1) is 17.5 Å². The van der Waals surface area contributed by atoms with E-state index in [9.17, 15) is 4.79 Å². The molecule has 2 heterocycles. The molecule has 0 spiro atoms. The number of hydrogen-bond donors (Lipinski definition) is 0. The summed E-state index contributed by atoms with van der Waals surface area (Å²) in [4.78, 5) is 14.6. The summed E-state index contributed by atoms with van der Waals surface area (Å²) in [5.74, 6) is 1.22. The molecule has 4 nitrogen and oxygen atoms in total. The van der Waals surface area contributed by atoms with Gasteiger partial charge in [0, 0.05) is 18.3 Å². The Morgan fingerprint density at radius 2 is 2.37 bits per heavy atom. The Balaban J connectivity index is 2.11. The second-order valence-electron chi connectivity index (χ2n) is 4.85. The smallest absolute Gasteiger partial charge is 0.255 e. The Morgan fingerprint density at radius 1 is 1.53 bits per heavy atom. The van der Waals surface area contributed by atoms with E-state index in [0.717, 1.165) is 31.0 Å². The van der Waals surface area contributed by atoms with E-state index in [4.69, 9.17) is 0 Å². The van der Waals surface area contributed by atoms with Gasteiger partial charge in [-0.2, -0.15) is 22.0 Å². The molecule has 1 aliphatic heterocycles. The molecular weight excluding hydrogens is 258 g/mol. The second-order valence-corrected chi connectivity index (χ2v) is 6.43. The summed E-state index contributed by atoms with van der Waals surface area (Å²) in [6.45, 7) is 5.75. The van der Waals surface area contributed by atoms with E-state index in [-0.39, 0.29) is 5.91 Å². The number of carbonyl (C=O) groups excluding carboxylic acids is 1. The first-order valence-corrected chi connectivity index (χ1v) is 7.96. The van der Waals surface area contributed by atoms with Crippen LogP contribution in [0.5, 0.6) is 0 Å². The highest BCUT2D eigenvalue weighted by atomic mass is 32.2. The third-order valence-electron chi connectivity index (χ3n) is 3.45. The van der Waals surface area contributed by atoms with E-state index in [1.807, 2.05) is 23.6 Å². The number of hydrogen-bond acceptors (Lipinski definition) is 4. The fraction of sp³-hybridized carbons (Fsp3) is 0.643. The molecule has 0 bridgehead atoms. The van der Waals surface area contributed by atoms with Gasteiger partial charge in [0.1, 0.15) is 0 Å². The van der Waals surface area contributed by atoms with Gasteiger partial charge in [-0.1, -0.05) is 13.3 Å². The molecule has 1 atom stereocenters. The zero-order chi connectivity index (χ0) is 13.7. The zero-order valence-electron chi connectivity index (χ0n) is 11.6. The van der Waals surface area contributed by atoms with Gasteiger partial charge in [-0.3, -0.25) is 4.79 Å². The molecular formula is C14H21N3OS. The first kappa shape index (κ1) is 14.3. The first-order chi connectivity index (χ1) is 9.22. The topological polar surface area (TPSA) is 46.1 Å². The summed E-state index contributed by atoms with van der Waals surface area (Å²) >= 11 is 1.96. The van der Waals surface area contributed by atoms with Crippen LogP contribution < -0.4 is 0 Å². The van der Waals surface area contributed by atoms with Crippen molar-refractivity contribution in [1.82, 2.24) is 15.1 Å². The highest BCUT2D eigenvalue weighted by Gasteiger charge is 2.24. The second kappa shape index (κ2) is 6.89. The minimum Gasteiger partial charge on any atom is -0.337 e. The van der Waals surface area contributed by atoms with Gasteiger partial charge < -0.3 is 4.90 Å². The van der Waals surface area contributed by atoms with Crippen LogP contribution in [-0.4, -0.2) is 45.1 Å². The van der Waals surface area contributed by atoms with Crippen LogP contribution in [0.4, 0.5) is 0 Å². The van der Waals surface area contributed by atoms with Crippen LogP contribution in [-0.2, 0) is 0 Å². The zero-order valence-corrected chi connectivity index (χ0v) is 12.4. The molecule has 1 aromatic heterocycles. The summed E-state index contributed by atoms with van der Waals surface area (Å²) in [6.07, 6.45) is 5.13. The molecule has 1 fully saturated rings. The maximum atomic E-state index is 12.6. The Hall–Kier alpha value is -1.10. The number of aromatic nitrogens is 2. The molecule has 19 heavy (non-hydrogen) atoms. The van der Waals surface area contributed by atoms with Crippen LogP contribution >= 0.6 is 11.8 Å². The average molecular weight is 279 g/mol. The summed E-state index contributed by atoms with van der Waals surface area (Å²) in [7, 11) is 0. The third-order valence-corrected chi connectivity index (χ3v) is 4.64. The normalized spacial score (nSPS) is 20.1. The number of thioether (sulfide) groups is 1. The van der Waals surface area contributed by atoms with Crippen molar-refractivity contribution >= 4 is 17.7 Å². The molecule has 0 radical (unpaired) electrons. The molecule has 2 rings (SSSR count). The van der Waals surface area contributed by atoms with Crippen molar-refractivity contribution in [2.75, 3.05) is 18.8 Å². The lowest BCUT2D eigenvalue weighted by atomic mass is 10.2. The van der Waals surface area contributed by atoms with Gasteiger partial charge in [0.15, 0.2) is 0 Å². The number of rotatable bonds is 3. The van der Waals surface area contributed by atoms with Gasteiger partial charge in [-0.05, 0) is 31.6 Å². The van der Waals surface area contributed by atoms with Crippen molar-refractivity contribution in [2.45, 2.75) is 38.4 Å². The molecule has 0 aliphatic carbocycles. The molecule has 0 aromatic carbocycles. The lowest BCUT2D eigenvalue weighted by molar-refractivity contribution is 0.0762. The fourth-order valence-corrected chi connectivity index (χ4v) is 3.55. The van der Waals surface area contributed by atoms with Crippen LogP contribution in [0.25, 0.3) is 0 Å². The van der Waals surface area contributed by atoms with Crippen molar-refractivity contribution in [3.63, 3.8) is 0 Å². The molecule has 1 unspecified atom stereocenters. The number of amides is 1. The lowest BCUT2D eigenvalue weighted by Crippen LogP contribution is -2.36. The highest BCUT2D eigenvalue weighted by Crippen LogP contribution is 2.23. The third kappa shape index (κ3) is 3.69. The van der Waals surface area contributed by atoms with Crippen molar-refractivity contribution in [1.29, 1.82) is 0 Å². The van der Waals surface area contributed by atoms with Crippen LogP contribution in [0, 0.1) is 6.92 Å². The maximum absolute atomic E-state index is 12.6. The van der Waals surface area contributed by atoms with E-state index in [2.05, 4.69) is 17.1 Å². The Labute approximate surface area is 119 Å². The number of carbonyl (C=O) groups is 1. The average Bonchev–Trinajstić information content (AvgIpc) is 2.65. The highest BCUT2D eigenvalue weighted by molar-refractivity contribution is 7.99. The van der Waals surface area contributed by atoms with Gasteiger partial charge >= 0.3 is 0 Å². The Kier molecular flexibility index (Phi) is 5.19. The van der Waals surface area contributed by atoms with Crippen LogP contribution in [0.3, 0.4) is 0 Å². The maximum Gasteiger partial charge on any atom is 0.255 e. The van der Waals surface area contributed by atoms with Crippen molar-refractivity contribution in [3.05, 3.63) is 23.5 Å². The number of nitrogens with zero attached hydrogens (tertiary/aromatic N) is 3. The Morgan fingerprint density at radius 3 is 3.11 bits per heavy atom. The summed E-state index contributed by atoms with van der Waals surface area (Å²) in [6, 6.07) is 1.78. The molecule has 5 heteroatoms. The van der Waals surface area contributed by atoms with E-state index in [1.165, 1.54) is 12.8 Å². The minimum absolute atomic E-state index is 0.107. The molecule has 1 amide bonds. The van der Waals surface area contributed by atoms with E-state index in [0.29, 0.717) is 10.8 Å². The van der Waals surface area contributed by atoms with E-state index < -0.39 is 0 Å². The molecule has 1 aromatic rings. The van der Waals surface area contributed by atoms with Gasteiger partial charge in [-0.15, -0.1) is 0 Å². The van der Waals surface area contributed by atoms with E-state index in [1.54, 1.807) is 12.3 Å². The number of aryl methyl sites for hydroxylation is 1. The summed E-state index contributed by atoms with van der Waals surface area (Å²) in [5, 5.41) is 8.36. The van der Waals surface area contributed by atoms with Crippen LogP contribution in [0.2, 0.25) is 0 Å². The molecule has 104 valence electrons. The molecule has 1 saturated heterocycles. The van der Waals surface area contributed by atoms with Crippen LogP contribution in [0.1, 0.15) is 42.2 Å². The van der Waals surface area contributed by atoms with Gasteiger partial charge in [-0.25, -0.2) is 0 Å². The predicted octanol–water partition coefficient (Wildman–Crippen LogP) is 2.53. The van der Waals surface area contributed by atoms with Crippen LogP contribution in [0.15, 0.2) is 12.3 Å². The Bertz CT molecular complexity index is 438. The summed E-state index contributed by atoms with van der Waals surface area (Å²) < 4.78 is 0. The minimum atomic E-state index is 0.107. The molecule has 1 aliphatic rings. The van der Waals surface area contributed by atoms with Crippen molar-refractivity contribution in [2.24, 2.45) is 0 Å². The summed E-state index contributed by atoms with van der Waals surface area (Å²) in [5.41, 5.74) is 1.41. The molecule has 0 N–H and O–H groups in total.